The van der Waals surface area contributed by atoms with Gasteiger partial charge in [0.1, 0.15) is 0 Å². The Morgan fingerprint density at radius 1 is 1.75 bits per heavy atom. The zero-order chi connectivity index (χ0) is 6.57. The molecule has 0 aliphatic heterocycles. The molecule has 0 bridgehead atoms. The van der Waals surface area contributed by atoms with Crippen molar-refractivity contribution in [2.24, 2.45) is 0 Å². The summed E-state index contributed by atoms with van der Waals surface area (Å²) >= 11 is 0. The van der Waals surface area contributed by atoms with E-state index in [1.807, 2.05) is 0 Å². The van der Waals surface area contributed by atoms with Crippen molar-refractivity contribution in [3.63, 3.8) is 0 Å². The third-order valence-electron chi connectivity index (χ3n) is 0.517. The maximum Gasteiger partial charge on any atom is 0.417 e. The fourth-order valence-electron chi connectivity index (χ4n) is 0.142. The van der Waals surface area contributed by atoms with Crippen molar-refractivity contribution in [1.82, 2.24) is 0 Å². The van der Waals surface area contributed by atoms with Gasteiger partial charge in [0.15, 0.2) is 6.61 Å². The molecule has 8 heavy (non-hydrogen) atoms. The molecule has 0 heterocycles. The Hall–Kier alpha value is -1.19. The number of carboxylic acids is 1. The summed E-state index contributed by atoms with van der Waals surface area (Å²) in [5, 5.41) is 15.9. The average molecular weight is 116 g/mol. The van der Waals surface area contributed by atoms with Crippen molar-refractivity contribution in [3.8, 4) is 0 Å². The van der Waals surface area contributed by atoms with Crippen molar-refractivity contribution in [1.29, 1.82) is 0 Å². The first-order valence-corrected chi connectivity index (χ1v) is 1.77. The van der Waals surface area contributed by atoms with Crippen LogP contribution in [0.15, 0.2) is 0 Å². The lowest BCUT2D eigenvalue weighted by Gasteiger charge is -1.76. The molecular weight excluding hydrogens is 112 g/mol. The van der Waals surface area contributed by atoms with Gasteiger partial charge in [-0.15, -0.1) is 0 Å². The van der Waals surface area contributed by atoms with Crippen LogP contribution in [0.4, 0.5) is 0 Å². The van der Waals surface area contributed by atoms with E-state index in [1.54, 1.807) is 0 Å². The highest BCUT2D eigenvalue weighted by Gasteiger charge is 2.15. The van der Waals surface area contributed by atoms with Gasteiger partial charge in [-0.25, -0.2) is 4.79 Å². The van der Waals surface area contributed by atoms with Crippen LogP contribution in [0.1, 0.15) is 0 Å². The number of carboxylic acid groups (broad SMARTS) is 1. The van der Waals surface area contributed by atoms with Crippen molar-refractivity contribution >= 4 is 11.7 Å². The maximum absolute atomic E-state index is 9.71. The van der Waals surface area contributed by atoms with Gasteiger partial charge in [0, 0.05) is 0 Å². The predicted molar refractivity (Wildman–Crippen MR) is 23.3 cm³/mol. The maximum atomic E-state index is 9.71. The monoisotopic (exact) mass is 116 g/mol. The second-order valence-corrected chi connectivity index (χ2v) is 1.01. The lowest BCUT2D eigenvalue weighted by atomic mass is 10.4. The summed E-state index contributed by atoms with van der Waals surface area (Å²) < 4.78 is 0. The Bertz CT molecular complexity index is 147. The normalized spacial score (nSPS) is 7.62. The van der Waals surface area contributed by atoms with Gasteiger partial charge >= 0.3 is 11.7 Å². The van der Waals surface area contributed by atoms with Crippen LogP contribution in [-0.4, -0.2) is 33.3 Å². The first-order valence-electron chi connectivity index (χ1n) is 1.77. The number of aliphatic carboxylic acids is 1. The lowest BCUT2D eigenvalue weighted by Crippen LogP contribution is -2.17. The van der Waals surface area contributed by atoms with E-state index in [0.29, 0.717) is 0 Å². The lowest BCUT2D eigenvalue weighted by molar-refractivity contribution is -0.134. The van der Waals surface area contributed by atoms with Crippen LogP contribution in [0, 0.1) is 0 Å². The SMILES string of the molecule is [N-]=[N+]=C(CO)C(=O)O. The van der Waals surface area contributed by atoms with Crippen LogP contribution in [-0.2, 0) is 4.79 Å². The number of aliphatic hydroxyl groups excluding tert-OH is 1. The molecule has 0 unspecified atom stereocenters. The molecule has 0 fully saturated rings. The van der Waals surface area contributed by atoms with Crippen LogP contribution in [0.2, 0.25) is 0 Å². The summed E-state index contributed by atoms with van der Waals surface area (Å²) in [7, 11) is 0. The molecule has 0 radical (unpaired) electrons. The molecule has 5 heteroatoms. The highest BCUT2D eigenvalue weighted by Crippen LogP contribution is 1.66. The van der Waals surface area contributed by atoms with E-state index in [9.17, 15) is 4.79 Å². The van der Waals surface area contributed by atoms with Crippen LogP contribution in [0.5, 0.6) is 0 Å². The molecule has 44 valence electrons. The van der Waals surface area contributed by atoms with Crippen molar-refractivity contribution < 1.29 is 19.8 Å². The first kappa shape index (κ1) is 6.81. The second-order valence-electron chi connectivity index (χ2n) is 1.01. The second kappa shape index (κ2) is 2.90. The zero-order valence-electron chi connectivity index (χ0n) is 3.90. The quantitative estimate of drug-likeness (QED) is 0.267. The van der Waals surface area contributed by atoms with E-state index in [-0.39, 0.29) is 0 Å². The Kier molecular flexibility index (Phi) is 2.47. The predicted octanol–water partition coefficient (Wildman–Crippen LogP) is -1.27. The van der Waals surface area contributed by atoms with Gasteiger partial charge < -0.3 is 15.7 Å². The number of hydrogen-bond acceptors (Lipinski definition) is 2. The van der Waals surface area contributed by atoms with E-state index >= 15 is 0 Å². The summed E-state index contributed by atoms with van der Waals surface area (Å²) in [4.78, 5) is 12.0. The summed E-state index contributed by atoms with van der Waals surface area (Å²) in [6, 6.07) is 0. The molecule has 0 aromatic heterocycles. The molecule has 0 amide bonds. The zero-order valence-corrected chi connectivity index (χ0v) is 3.90. The fraction of sp³-hybridized carbons (Fsp3) is 0.333. The number of nitrogens with zero attached hydrogens (tertiary/aromatic N) is 2. The van der Waals surface area contributed by atoms with E-state index in [1.165, 1.54) is 0 Å². The standard InChI is InChI=1S/C3H4N2O3/c4-5-2(1-6)3(7)8/h6H,1H2,(H,7,8). The van der Waals surface area contributed by atoms with Gasteiger partial charge in [-0.05, 0) is 0 Å². The van der Waals surface area contributed by atoms with Crippen molar-refractivity contribution in [3.05, 3.63) is 5.53 Å². The molecule has 2 N–H and O–H groups in total. The topological polar surface area (TPSA) is 93.9 Å². The van der Waals surface area contributed by atoms with Crippen LogP contribution in [0.25, 0.3) is 5.53 Å². The molecule has 0 rings (SSSR count). The third kappa shape index (κ3) is 1.51. The summed E-state index contributed by atoms with van der Waals surface area (Å²) in [5.41, 5.74) is 7.08. The van der Waals surface area contributed by atoms with Gasteiger partial charge in [0.25, 0.3) is 0 Å². The highest BCUT2D eigenvalue weighted by atomic mass is 16.4. The summed E-state index contributed by atoms with van der Waals surface area (Å²) in [6.07, 6.45) is 0. The fourth-order valence-corrected chi connectivity index (χ4v) is 0.142. The van der Waals surface area contributed by atoms with Crippen LogP contribution < -0.4 is 0 Å². The average Bonchev–Trinajstić information content (AvgIpc) is 1.69. The molecule has 0 atom stereocenters. The van der Waals surface area contributed by atoms with Crippen LogP contribution >= 0.6 is 0 Å². The van der Waals surface area contributed by atoms with Gasteiger partial charge in [0.05, 0.1) is 0 Å². The van der Waals surface area contributed by atoms with Crippen LogP contribution in [0.3, 0.4) is 0 Å². The molecule has 0 aliphatic carbocycles. The molecule has 0 spiro atoms. The minimum absolute atomic E-state index is 0.662. The van der Waals surface area contributed by atoms with Crippen molar-refractivity contribution in [2.45, 2.75) is 0 Å². The molecule has 0 aromatic rings. The Balaban J connectivity index is 4.14. The van der Waals surface area contributed by atoms with E-state index < -0.39 is 18.3 Å². The van der Waals surface area contributed by atoms with Gasteiger partial charge in [0.2, 0.25) is 0 Å². The number of hydrogen-bond donors (Lipinski definition) is 2. The minimum Gasteiger partial charge on any atom is -0.473 e. The Morgan fingerprint density at radius 3 is 2.25 bits per heavy atom. The molecule has 0 aliphatic rings. The molecule has 0 saturated heterocycles. The van der Waals surface area contributed by atoms with Gasteiger partial charge in [-0.1, -0.05) is 0 Å². The number of carbonyl (C=O) groups is 1. The molecule has 0 saturated carbocycles. The molecule has 0 aromatic carbocycles. The first-order chi connectivity index (χ1) is 3.72. The smallest absolute Gasteiger partial charge is 0.417 e. The third-order valence-corrected chi connectivity index (χ3v) is 0.517. The van der Waals surface area contributed by atoms with Gasteiger partial charge in [-0.3, -0.25) is 0 Å². The minimum atomic E-state index is -1.42. The van der Waals surface area contributed by atoms with E-state index in [0.717, 1.165) is 0 Å². The van der Waals surface area contributed by atoms with E-state index in [2.05, 4.69) is 4.79 Å². The summed E-state index contributed by atoms with van der Waals surface area (Å²) in [5.74, 6) is -1.42. The molecule has 5 nitrogen and oxygen atoms in total. The van der Waals surface area contributed by atoms with Gasteiger partial charge in [-0.2, -0.15) is 4.79 Å². The summed E-state index contributed by atoms with van der Waals surface area (Å²) in [6.45, 7) is -0.758. The largest absolute Gasteiger partial charge is 0.473 e. The number of aliphatic hydroxyl groups is 1. The number of rotatable bonds is 2. The van der Waals surface area contributed by atoms with Crippen molar-refractivity contribution in [2.75, 3.05) is 6.61 Å². The Labute approximate surface area is 44.8 Å². The van der Waals surface area contributed by atoms with E-state index in [4.69, 9.17) is 15.7 Å². The highest BCUT2D eigenvalue weighted by molar-refractivity contribution is 6.33. The molecular formula is C3H4N2O3. The Morgan fingerprint density at radius 2 is 2.25 bits per heavy atom.